The minimum absolute atomic E-state index is 0.167. The van der Waals surface area contributed by atoms with E-state index in [0.717, 1.165) is 82.7 Å². The molecule has 32 heavy (non-hydrogen) atoms. The van der Waals surface area contributed by atoms with E-state index in [1.165, 1.54) is 5.56 Å². The predicted octanol–water partition coefficient (Wildman–Crippen LogP) is 1.63. The maximum absolute atomic E-state index is 11.5. The highest BCUT2D eigenvalue weighted by Gasteiger charge is 2.18. The van der Waals surface area contributed by atoms with E-state index in [-0.39, 0.29) is 5.91 Å². The van der Waals surface area contributed by atoms with Gasteiger partial charge in [0.2, 0.25) is 5.91 Å². The number of hydrogen-bond donors (Lipinski definition) is 2. The van der Waals surface area contributed by atoms with Crippen LogP contribution in [0, 0.1) is 12.8 Å². The van der Waals surface area contributed by atoms with Crippen molar-refractivity contribution in [1.29, 1.82) is 0 Å². The van der Waals surface area contributed by atoms with E-state index in [0.29, 0.717) is 19.1 Å². The first-order chi connectivity index (χ1) is 15.5. The van der Waals surface area contributed by atoms with Crippen LogP contribution in [0.4, 0.5) is 0 Å². The summed E-state index contributed by atoms with van der Waals surface area (Å²) in [6, 6.07) is 6.32. The summed E-state index contributed by atoms with van der Waals surface area (Å²) in [5, 5.41) is 6.77. The van der Waals surface area contributed by atoms with Crippen molar-refractivity contribution >= 4 is 11.9 Å². The van der Waals surface area contributed by atoms with Crippen LogP contribution in [0.1, 0.15) is 31.4 Å². The van der Waals surface area contributed by atoms with Crippen molar-refractivity contribution in [3.05, 3.63) is 29.3 Å². The molecular weight excluding hydrogens is 406 g/mol. The maximum Gasteiger partial charge on any atom is 0.219 e. The van der Waals surface area contributed by atoms with Gasteiger partial charge < -0.3 is 25.0 Å². The second-order valence-corrected chi connectivity index (χ2v) is 8.62. The van der Waals surface area contributed by atoms with E-state index < -0.39 is 0 Å². The molecule has 1 unspecified atom stereocenters. The molecule has 0 saturated carbocycles. The minimum atomic E-state index is 0.167. The Hall–Kier alpha value is -2.32. The molecule has 1 amide bonds. The molecule has 0 radical (unpaired) electrons. The van der Waals surface area contributed by atoms with Crippen molar-refractivity contribution in [2.45, 2.75) is 33.7 Å². The quantitative estimate of drug-likeness (QED) is 0.444. The topological polar surface area (TPSA) is 78.4 Å². The van der Waals surface area contributed by atoms with Crippen LogP contribution in [0.3, 0.4) is 0 Å². The number of amides is 1. The SMILES string of the molecule is CCNC(=NCc1ccc(C)cc1OCC1CCOC1)NCCN1CCN(C(C)=O)CC1. The summed E-state index contributed by atoms with van der Waals surface area (Å²) in [6.07, 6.45) is 1.07. The van der Waals surface area contributed by atoms with Crippen molar-refractivity contribution in [3.8, 4) is 5.75 Å². The van der Waals surface area contributed by atoms with E-state index >= 15 is 0 Å². The maximum atomic E-state index is 11.5. The first-order valence-electron chi connectivity index (χ1n) is 11.8. The molecule has 0 aromatic heterocycles. The largest absolute Gasteiger partial charge is 0.493 e. The van der Waals surface area contributed by atoms with Gasteiger partial charge in [-0.3, -0.25) is 9.69 Å². The number of ether oxygens (including phenoxy) is 2. The summed E-state index contributed by atoms with van der Waals surface area (Å²) < 4.78 is 11.6. The van der Waals surface area contributed by atoms with Gasteiger partial charge in [0.15, 0.2) is 5.96 Å². The normalized spacial score (nSPS) is 19.8. The lowest BCUT2D eigenvalue weighted by molar-refractivity contribution is -0.130. The van der Waals surface area contributed by atoms with Crippen molar-refractivity contribution in [2.24, 2.45) is 10.9 Å². The highest BCUT2D eigenvalue weighted by Crippen LogP contribution is 2.23. The van der Waals surface area contributed by atoms with Crippen LogP contribution in [-0.4, -0.2) is 87.3 Å². The van der Waals surface area contributed by atoms with Gasteiger partial charge in [0, 0.05) is 70.8 Å². The Kier molecular flexibility index (Phi) is 9.62. The number of benzene rings is 1. The lowest BCUT2D eigenvalue weighted by Gasteiger charge is -2.34. The van der Waals surface area contributed by atoms with Crippen LogP contribution < -0.4 is 15.4 Å². The molecule has 1 aromatic rings. The van der Waals surface area contributed by atoms with Gasteiger partial charge in [-0.1, -0.05) is 12.1 Å². The molecule has 178 valence electrons. The molecule has 0 bridgehead atoms. The van der Waals surface area contributed by atoms with Gasteiger partial charge in [0.25, 0.3) is 0 Å². The fourth-order valence-electron chi connectivity index (χ4n) is 3.97. The van der Waals surface area contributed by atoms with Crippen LogP contribution in [0.5, 0.6) is 5.75 Å². The average Bonchev–Trinajstić information content (AvgIpc) is 3.31. The molecule has 1 atom stereocenters. The third kappa shape index (κ3) is 7.67. The molecule has 3 rings (SSSR count). The Morgan fingerprint density at radius 3 is 2.75 bits per heavy atom. The number of rotatable bonds is 9. The van der Waals surface area contributed by atoms with Crippen LogP contribution >= 0.6 is 0 Å². The molecule has 8 heteroatoms. The summed E-state index contributed by atoms with van der Waals surface area (Å²) >= 11 is 0. The Morgan fingerprint density at radius 1 is 1.25 bits per heavy atom. The van der Waals surface area contributed by atoms with E-state index in [2.05, 4.69) is 47.6 Å². The number of hydrogen-bond acceptors (Lipinski definition) is 5. The highest BCUT2D eigenvalue weighted by atomic mass is 16.5. The first-order valence-corrected chi connectivity index (χ1v) is 11.8. The molecule has 2 saturated heterocycles. The molecule has 1 aromatic carbocycles. The average molecular weight is 446 g/mol. The van der Waals surface area contributed by atoms with Gasteiger partial charge in [0.05, 0.1) is 19.8 Å². The van der Waals surface area contributed by atoms with Crippen molar-refractivity contribution in [1.82, 2.24) is 20.4 Å². The lowest BCUT2D eigenvalue weighted by atomic mass is 10.1. The number of carbonyl (C=O) groups is 1. The van der Waals surface area contributed by atoms with Crippen molar-refractivity contribution < 1.29 is 14.3 Å². The van der Waals surface area contributed by atoms with Crippen LogP contribution in [0.15, 0.2) is 23.2 Å². The summed E-state index contributed by atoms with van der Waals surface area (Å²) in [4.78, 5) is 20.6. The molecule has 2 aliphatic rings. The number of nitrogens with one attached hydrogen (secondary N) is 2. The van der Waals surface area contributed by atoms with Crippen molar-refractivity contribution in [3.63, 3.8) is 0 Å². The van der Waals surface area contributed by atoms with Crippen LogP contribution in [0.2, 0.25) is 0 Å². The van der Waals surface area contributed by atoms with Gasteiger partial charge in [-0.05, 0) is 31.9 Å². The van der Waals surface area contributed by atoms with Crippen LogP contribution in [-0.2, 0) is 16.1 Å². The Bertz CT molecular complexity index is 756. The standard InChI is InChI=1S/C24H39N5O3/c1-4-25-24(26-8-9-28-10-12-29(13-11-28)20(3)30)27-16-22-6-5-19(2)15-23(22)32-18-21-7-14-31-17-21/h5-6,15,21H,4,7-14,16-18H2,1-3H3,(H2,25,26,27). The van der Waals surface area contributed by atoms with E-state index in [4.69, 9.17) is 14.5 Å². The number of guanidine groups is 1. The van der Waals surface area contributed by atoms with Gasteiger partial charge in [-0.2, -0.15) is 0 Å². The van der Waals surface area contributed by atoms with Gasteiger partial charge in [-0.25, -0.2) is 4.99 Å². The zero-order valence-corrected chi connectivity index (χ0v) is 19.9. The van der Waals surface area contributed by atoms with Gasteiger partial charge >= 0.3 is 0 Å². The predicted molar refractivity (Wildman–Crippen MR) is 127 cm³/mol. The third-order valence-electron chi connectivity index (χ3n) is 6.01. The number of piperazine rings is 1. The van der Waals surface area contributed by atoms with E-state index in [1.54, 1.807) is 6.92 Å². The molecule has 8 nitrogen and oxygen atoms in total. The fourth-order valence-corrected chi connectivity index (χ4v) is 3.97. The highest BCUT2D eigenvalue weighted by molar-refractivity contribution is 5.79. The molecule has 2 heterocycles. The number of carbonyl (C=O) groups excluding carboxylic acids is 1. The van der Waals surface area contributed by atoms with Gasteiger partial charge in [-0.15, -0.1) is 0 Å². The zero-order valence-electron chi connectivity index (χ0n) is 19.9. The molecule has 2 N–H and O–H groups in total. The molecule has 2 fully saturated rings. The number of aryl methyl sites for hydroxylation is 1. The zero-order chi connectivity index (χ0) is 22.8. The Morgan fingerprint density at radius 2 is 2.06 bits per heavy atom. The fraction of sp³-hybridized carbons (Fsp3) is 0.667. The summed E-state index contributed by atoms with van der Waals surface area (Å²) in [7, 11) is 0. The Balaban J connectivity index is 1.50. The molecule has 0 aliphatic carbocycles. The summed E-state index contributed by atoms with van der Waals surface area (Å²) in [6.45, 7) is 14.7. The lowest BCUT2D eigenvalue weighted by Crippen LogP contribution is -2.50. The van der Waals surface area contributed by atoms with Crippen LogP contribution in [0.25, 0.3) is 0 Å². The molecule has 0 spiro atoms. The second-order valence-electron chi connectivity index (χ2n) is 8.62. The summed E-state index contributed by atoms with van der Waals surface area (Å²) in [5.41, 5.74) is 2.28. The molecule has 2 aliphatic heterocycles. The minimum Gasteiger partial charge on any atom is -0.493 e. The summed E-state index contributed by atoms with van der Waals surface area (Å²) in [5.74, 6) is 2.37. The van der Waals surface area contributed by atoms with Crippen molar-refractivity contribution in [2.75, 3.05) is 65.6 Å². The van der Waals surface area contributed by atoms with E-state index in [9.17, 15) is 4.79 Å². The third-order valence-corrected chi connectivity index (χ3v) is 6.01. The van der Waals surface area contributed by atoms with Gasteiger partial charge in [0.1, 0.15) is 5.75 Å². The Labute approximate surface area is 192 Å². The number of aliphatic imine (C=N–C) groups is 1. The van der Waals surface area contributed by atoms with E-state index in [1.807, 2.05) is 4.90 Å². The second kappa shape index (κ2) is 12.6. The first kappa shape index (κ1) is 24.3. The number of nitrogens with zero attached hydrogens (tertiary/aromatic N) is 3. The smallest absolute Gasteiger partial charge is 0.219 e. The molecular formula is C24H39N5O3. The monoisotopic (exact) mass is 445 g/mol.